The molecule has 0 saturated carbocycles. The molecule has 3 rings (SSSR count). The number of aromatic nitrogens is 3. The van der Waals surface area contributed by atoms with Crippen molar-refractivity contribution >= 4 is 11.3 Å². The van der Waals surface area contributed by atoms with Gasteiger partial charge in [-0.2, -0.15) is 0 Å². The number of hydrogen-bond acceptors (Lipinski definition) is 6. The number of aryl methyl sites for hydroxylation is 1. The summed E-state index contributed by atoms with van der Waals surface area (Å²) in [4.78, 5) is 12.7. The van der Waals surface area contributed by atoms with Crippen LogP contribution >= 0.6 is 11.3 Å². The van der Waals surface area contributed by atoms with Gasteiger partial charge in [0, 0.05) is 52.4 Å². The normalized spacial score (nSPS) is 20.0. The van der Waals surface area contributed by atoms with Gasteiger partial charge in [0.15, 0.2) is 0 Å². The predicted octanol–water partition coefficient (Wildman–Crippen LogP) is 1.17. The molecule has 2 aromatic heterocycles. The van der Waals surface area contributed by atoms with Gasteiger partial charge in [-0.25, -0.2) is 9.97 Å². The second kappa shape index (κ2) is 6.65. The van der Waals surface area contributed by atoms with E-state index in [-0.39, 0.29) is 0 Å². The Bertz CT molecular complexity index is 581. The highest BCUT2D eigenvalue weighted by Gasteiger charge is 2.27. The van der Waals surface area contributed by atoms with E-state index in [4.69, 9.17) is 4.74 Å². The molecule has 7 heteroatoms. The van der Waals surface area contributed by atoms with Gasteiger partial charge in [0.2, 0.25) is 0 Å². The first kappa shape index (κ1) is 14.6. The molecule has 1 unspecified atom stereocenters. The first-order valence-electron chi connectivity index (χ1n) is 7.12. The van der Waals surface area contributed by atoms with Gasteiger partial charge in [-0.05, 0) is 0 Å². The molecular formula is C14H21N5OS. The number of methoxy groups -OCH3 is 1. The molecular weight excluding hydrogens is 286 g/mol. The Balaban J connectivity index is 1.73. The summed E-state index contributed by atoms with van der Waals surface area (Å²) in [6.07, 6.45) is 5.78. The van der Waals surface area contributed by atoms with Gasteiger partial charge in [-0.1, -0.05) is 0 Å². The number of rotatable bonds is 5. The molecule has 1 fully saturated rings. The topological polar surface area (TPSA) is 55.2 Å². The molecule has 1 aliphatic rings. The van der Waals surface area contributed by atoms with E-state index < -0.39 is 0 Å². The van der Waals surface area contributed by atoms with Crippen LogP contribution in [-0.4, -0.2) is 46.2 Å². The minimum atomic E-state index is 0.300. The minimum Gasteiger partial charge on any atom is -0.379 e. The van der Waals surface area contributed by atoms with Crippen molar-refractivity contribution in [3.63, 3.8) is 0 Å². The second-order valence-corrected chi connectivity index (χ2v) is 6.44. The highest BCUT2D eigenvalue weighted by molar-refractivity contribution is 7.11. The summed E-state index contributed by atoms with van der Waals surface area (Å²) in [5.74, 6) is 1.11. The average molecular weight is 307 g/mol. The molecule has 21 heavy (non-hydrogen) atoms. The highest BCUT2D eigenvalue weighted by Crippen LogP contribution is 2.24. The molecule has 0 amide bonds. The lowest BCUT2D eigenvalue weighted by molar-refractivity contribution is 0.144. The number of imidazole rings is 1. The molecule has 0 bridgehead atoms. The van der Waals surface area contributed by atoms with Gasteiger partial charge in [0.1, 0.15) is 10.8 Å². The maximum absolute atomic E-state index is 5.16. The Morgan fingerprint density at radius 1 is 1.48 bits per heavy atom. The Morgan fingerprint density at radius 3 is 3.14 bits per heavy atom. The van der Waals surface area contributed by atoms with E-state index in [2.05, 4.69) is 31.8 Å². The minimum absolute atomic E-state index is 0.300. The summed E-state index contributed by atoms with van der Waals surface area (Å²) in [6, 6.07) is 0.300. The molecule has 1 N–H and O–H groups in total. The molecule has 1 atom stereocenters. The first-order chi connectivity index (χ1) is 10.3. The number of nitrogens with zero attached hydrogens (tertiary/aromatic N) is 4. The van der Waals surface area contributed by atoms with E-state index in [1.54, 1.807) is 18.4 Å². The number of thiazole rings is 1. The monoisotopic (exact) mass is 307 g/mol. The van der Waals surface area contributed by atoms with E-state index in [0.29, 0.717) is 12.6 Å². The van der Waals surface area contributed by atoms with Crippen LogP contribution in [0.2, 0.25) is 0 Å². The zero-order valence-corrected chi connectivity index (χ0v) is 13.3. The van der Waals surface area contributed by atoms with Crippen LogP contribution in [0.3, 0.4) is 0 Å². The van der Waals surface area contributed by atoms with Crippen LogP contribution in [0.1, 0.15) is 21.8 Å². The van der Waals surface area contributed by atoms with Crippen molar-refractivity contribution in [2.45, 2.75) is 19.2 Å². The molecule has 6 nitrogen and oxygen atoms in total. The Morgan fingerprint density at radius 2 is 2.38 bits per heavy atom. The van der Waals surface area contributed by atoms with Crippen molar-refractivity contribution in [2.24, 2.45) is 7.05 Å². The zero-order valence-electron chi connectivity index (χ0n) is 12.5. The first-order valence-corrected chi connectivity index (χ1v) is 7.94. The van der Waals surface area contributed by atoms with Crippen molar-refractivity contribution in [3.8, 4) is 0 Å². The number of piperazine rings is 1. The van der Waals surface area contributed by atoms with Gasteiger partial charge in [-0.15, -0.1) is 11.3 Å². The Kier molecular flexibility index (Phi) is 4.64. The average Bonchev–Trinajstić information content (AvgIpc) is 3.09. The van der Waals surface area contributed by atoms with E-state index in [0.717, 1.165) is 37.0 Å². The molecule has 1 aliphatic heterocycles. The van der Waals surface area contributed by atoms with Crippen LogP contribution in [0.5, 0.6) is 0 Å². The lowest BCUT2D eigenvalue weighted by Gasteiger charge is -2.35. The highest BCUT2D eigenvalue weighted by atomic mass is 32.1. The van der Waals surface area contributed by atoms with Gasteiger partial charge < -0.3 is 14.6 Å². The predicted molar refractivity (Wildman–Crippen MR) is 82.1 cm³/mol. The summed E-state index contributed by atoms with van der Waals surface area (Å²) in [5.41, 5.74) is 0. The Hall–Kier alpha value is -1.28. The molecule has 1 saturated heterocycles. The summed E-state index contributed by atoms with van der Waals surface area (Å²) in [5, 5.41) is 4.60. The summed E-state index contributed by atoms with van der Waals surface area (Å²) in [7, 11) is 3.77. The molecule has 3 heterocycles. The van der Waals surface area contributed by atoms with E-state index in [9.17, 15) is 0 Å². The zero-order chi connectivity index (χ0) is 14.7. The lowest BCUT2D eigenvalue weighted by atomic mass is 10.2. The fourth-order valence-electron chi connectivity index (χ4n) is 2.69. The summed E-state index contributed by atoms with van der Waals surface area (Å²) < 4.78 is 7.26. The fourth-order valence-corrected chi connectivity index (χ4v) is 3.61. The van der Waals surface area contributed by atoms with E-state index in [1.165, 1.54) is 4.88 Å². The van der Waals surface area contributed by atoms with Crippen molar-refractivity contribution in [3.05, 3.63) is 34.3 Å². The van der Waals surface area contributed by atoms with Gasteiger partial charge >= 0.3 is 0 Å². The fraction of sp³-hybridized carbons (Fsp3) is 0.571. The number of ether oxygens (including phenoxy) is 1. The third-order valence-electron chi connectivity index (χ3n) is 3.74. The molecule has 0 spiro atoms. The smallest absolute Gasteiger partial charge is 0.127 e. The summed E-state index contributed by atoms with van der Waals surface area (Å²) in [6.45, 7) is 4.46. The van der Waals surface area contributed by atoms with Crippen LogP contribution < -0.4 is 5.32 Å². The molecule has 2 aromatic rings. The van der Waals surface area contributed by atoms with Gasteiger partial charge in [0.05, 0.1) is 24.1 Å². The maximum Gasteiger partial charge on any atom is 0.127 e. The Labute approximate surface area is 128 Å². The third-order valence-corrected chi connectivity index (χ3v) is 4.69. The van der Waals surface area contributed by atoms with Crippen molar-refractivity contribution in [2.75, 3.05) is 26.7 Å². The van der Waals surface area contributed by atoms with E-state index in [1.807, 2.05) is 18.6 Å². The van der Waals surface area contributed by atoms with Gasteiger partial charge in [0.25, 0.3) is 0 Å². The third kappa shape index (κ3) is 3.32. The SMILES string of the molecule is COCc1cnc(CN2CCNCC2c2nccn2C)s1. The summed E-state index contributed by atoms with van der Waals surface area (Å²) >= 11 is 1.73. The molecule has 0 radical (unpaired) electrons. The number of hydrogen-bond donors (Lipinski definition) is 1. The van der Waals surface area contributed by atoms with Gasteiger partial charge in [-0.3, -0.25) is 4.90 Å². The second-order valence-electron chi connectivity index (χ2n) is 5.24. The maximum atomic E-state index is 5.16. The van der Waals surface area contributed by atoms with Crippen molar-refractivity contribution < 1.29 is 4.74 Å². The molecule has 0 aromatic carbocycles. The standard InChI is InChI=1S/C14H21N5OS/c1-18-5-4-16-14(18)12-8-15-3-6-19(12)9-13-17-7-11(21-13)10-20-2/h4-5,7,12,15H,3,6,8-10H2,1-2H3. The van der Waals surface area contributed by atoms with Crippen molar-refractivity contribution in [1.29, 1.82) is 0 Å². The largest absolute Gasteiger partial charge is 0.379 e. The molecule has 0 aliphatic carbocycles. The number of nitrogens with one attached hydrogen (secondary N) is 1. The molecule has 114 valence electrons. The van der Waals surface area contributed by atoms with Crippen LogP contribution in [-0.2, 0) is 24.9 Å². The van der Waals surface area contributed by atoms with Crippen LogP contribution in [0.25, 0.3) is 0 Å². The van der Waals surface area contributed by atoms with E-state index >= 15 is 0 Å². The quantitative estimate of drug-likeness (QED) is 0.898. The van der Waals surface area contributed by atoms with Crippen LogP contribution in [0.15, 0.2) is 18.6 Å². The lowest BCUT2D eigenvalue weighted by Crippen LogP contribution is -2.46. The van der Waals surface area contributed by atoms with Crippen LogP contribution in [0, 0.1) is 0 Å². The van der Waals surface area contributed by atoms with Crippen molar-refractivity contribution in [1.82, 2.24) is 24.8 Å². The van der Waals surface area contributed by atoms with Crippen LogP contribution in [0.4, 0.5) is 0 Å².